The number of nitrogens with zero attached hydrogens (tertiary/aromatic N) is 4. The zero-order valence-corrected chi connectivity index (χ0v) is 13.9. The number of nitrogens with one attached hydrogen (secondary N) is 1. The number of benzene rings is 2. The first kappa shape index (κ1) is 15.8. The number of rotatable bonds is 3. The molecule has 0 saturated heterocycles. The van der Waals surface area contributed by atoms with Crippen LogP contribution in [-0.2, 0) is 6.42 Å². The summed E-state index contributed by atoms with van der Waals surface area (Å²) in [6.45, 7) is 0.821. The van der Waals surface area contributed by atoms with Crippen LogP contribution in [0.15, 0.2) is 60.9 Å². The van der Waals surface area contributed by atoms with E-state index < -0.39 is 0 Å². The molecule has 1 aromatic heterocycles. The molecule has 1 amide bonds. The molecule has 6 heteroatoms. The Balaban J connectivity index is 1.58. The zero-order chi connectivity index (χ0) is 17.9. The Morgan fingerprint density at radius 1 is 1.12 bits per heavy atom. The second kappa shape index (κ2) is 6.65. The highest BCUT2D eigenvalue weighted by Crippen LogP contribution is 2.33. The van der Waals surface area contributed by atoms with E-state index in [0.717, 1.165) is 18.7 Å². The van der Waals surface area contributed by atoms with E-state index in [1.807, 2.05) is 12.1 Å². The van der Waals surface area contributed by atoms with Gasteiger partial charge in [-0.15, -0.1) is 0 Å². The van der Waals surface area contributed by atoms with Gasteiger partial charge in [0.05, 0.1) is 11.6 Å². The maximum absolute atomic E-state index is 12.5. The minimum Gasteiger partial charge on any atom is -0.326 e. The van der Waals surface area contributed by atoms with Gasteiger partial charge in [0.15, 0.2) is 0 Å². The molecule has 0 radical (unpaired) electrons. The van der Waals surface area contributed by atoms with Crippen LogP contribution in [-0.4, -0.2) is 22.4 Å². The van der Waals surface area contributed by atoms with Crippen molar-refractivity contribution in [1.29, 1.82) is 5.26 Å². The van der Waals surface area contributed by atoms with Gasteiger partial charge in [-0.1, -0.05) is 24.3 Å². The molecular weight excluding hydrogens is 326 g/mol. The molecule has 0 unspecified atom stereocenters. The highest BCUT2D eigenvalue weighted by molar-refractivity contribution is 6.03. The van der Waals surface area contributed by atoms with Gasteiger partial charge in [0.1, 0.15) is 17.8 Å². The predicted octanol–water partition coefficient (Wildman–Crippen LogP) is 3.29. The van der Waals surface area contributed by atoms with Gasteiger partial charge in [0, 0.05) is 24.0 Å². The Morgan fingerprint density at radius 2 is 2.00 bits per heavy atom. The zero-order valence-electron chi connectivity index (χ0n) is 13.9. The molecule has 126 valence electrons. The van der Waals surface area contributed by atoms with Gasteiger partial charge < -0.3 is 10.2 Å². The molecule has 2 aromatic carbocycles. The van der Waals surface area contributed by atoms with Crippen molar-refractivity contribution in [3.63, 3.8) is 0 Å². The summed E-state index contributed by atoms with van der Waals surface area (Å²) in [4.78, 5) is 23.0. The molecule has 2 heterocycles. The Hall–Kier alpha value is -3.72. The third kappa shape index (κ3) is 2.98. The summed E-state index contributed by atoms with van der Waals surface area (Å²) in [5.74, 6) is 0.358. The van der Waals surface area contributed by atoms with E-state index in [4.69, 9.17) is 5.26 Å². The first-order valence-corrected chi connectivity index (χ1v) is 8.23. The molecule has 6 nitrogen and oxygen atoms in total. The monoisotopic (exact) mass is 341 g/mol. The minimum atomic E-state index is -0.337. The topological polar surface area (TPSA) is 81.9 Å². The van der Waals surface area contributed by atoms with E-state index in [1.54, 1.807) is 30.3 Å². The first-order valence-electron chi connectivity index (χ1n) is 8.23. The van der Waals surface area contributed by atoms with E-state index in [-0.39, 0.29) is 11.6 Å². The van der Waals surface area contributed by atoms with Crippen molar-refractivity contribution < 1.29 is 4.79 Å². The Morgan fingerprint density at radius 3 is 2.88 bits per heavy atom. The van der Waals surface area contributed by atoms with E-state index >= 15 is 0 Å². The Kier molecular flexibility index (Phi) is 4.04. The lowest BCUT2D eigenvalue weighted by atomic mass is 10.2. The van der Waals surface area contributed by atoms with Crippen molar-refractivity contribution in [3.05, 3.63) is 77.7 Å². The largest absolute Gasteiger partial charge is 0.326 e. The SMILES string of the molecule is N#Cc1cccc(NC(=O)c2cc(N3CCc4ccccc43)ncn2)c1. The number of aromatic nitrogens is 2. The van der Waals surface area contributed by atoms with Crippen LogP contribution >= 0.6 is 0 Å². The fraction of sp³-hybridized carbons (Fsp3) is 0.100. The van der Waals surface area contributed by atoms with Crippen molar-refractivity contribution in [2.45, 2.75) is 6.42 Å². The quantitative estimate of drug-likeness (QED) is 0.790. The summed E-state index contributed by atoms with van der Waals surface area (Å²) < 4.78 is 0. The van der Waals surface area contributed by atoms with E-state index in [9.17, 15) is 4.79 Å². The second-order valence-electron chi connectivity index (χ2n) is 5.94. The molecule has 26 heavy (non-hydrogen) atoms. The van der Waals surface area contributed by atoms with Gasteiger partial charge >= 0.3 is 0 Å². The lowest BCUT2D eigenvalue weighted by molar-refractivity contribution is 0.102. The summed E-state index contributed by atoms with van der Waals surface area (Å²) >= 11 is 0. The van der Waals surface area contributed by atoms with Crippen LogP contribution in [0, 0.1) is 11.3 Å². The molecule has 1 aliphatic rings. The van der Waals surface area contributed by atoms with Crippen molar-refractivity contribution in [2.75, 3.05) is 16.8 Å². The van der Waals surface area contributed by atoms with E-state index in [0.29, 0.717) is 17.1 Å². The average molecular weight is 341 g/mol. The van der Waals surface area contributed by atoms with Crippen LogP contribution in [0.2, 0.25) is 0 Å². The predicted molar refractivity (Wildman–Crippen MR) is 98.3 cm³/mol. The van der Waals surface area contributed by atoms with Gasteiger partial charge in [-0.2, -0.15) is 5.26 Å². The highest BCUT2D eigenvalue weighted by Gasteiger charge is 2.22. The molecule has 1 aliphatic heterocycles. The number of amides is 1. The van der Waals surface area contributed by atoms with E-state index in [2.05, 4.69) is 38.4 Å². The van der Waals surface area contributed by atoms with Crippen molar-refractivity contribution in [2.24, 2.45) is 0 Å². The molecule has 0 aliphatic carbocycles. The molecule has 0 saturated carbocycles. The highest BCUT2D eigenvalue weighted by atomic mass is 16.1. The van der Waals surface area contributed by atoms with Crippen LogP contribution < -0.4 is 10.2 Å². The number of carbonyl (C=O) groups is 1. The number of fused-ring (bicyclic) bond motifs is 1. The molecule has 0 bridgehead atoms. The Labute approximate surface area is 150 Å². The number of carbonyl (C=O) groups excluding carboxylic acids is 1. The molecule has 4 rings (SSSR count). The molecular formula is C20H15N5O. The van der Waals surface area contributed by atoms with Crippen LogP contribution in [0.25, 0.3) is 0 Å². The number of anilines is 3. The fourth-order valence-corrected chi connectivity index (χ4v) is 3.06. The summed E-state index contributed by atoms with van der Waals surface area (Å²) in [7, 11) is 0. The van der Waals surface area contributed by atoms with Crippen molar-refractivity contribution in [1.82, 2.24) is 9.97 Å². The summed E-state index contributed by atoms with van der Waals surface area (Å²) in [5.41, 5.74) is 3.70. The smallest absolute Gasteiger partial charge is 0.274 e. The van der Waals surface area contributed by atoms with Crippen LogP contribution in [0.3, 0.4) is 0 Å². The van der Waals surface area contributed by atoms with E-state index in [1.165, 1.54) is 11.9 Å². The number of nitriles is 1. The Bertz CT molecular complexity index is 1020. The lowest BCUT2D eigenvalue weighted by Gasteiger charge is -2.18. The van der Waals surface area contributed by atoms with Gasteiger partial charge in [-0.05, 0) is 36.2 Å². The van der Waals surface area contributed by atoms with Gasteiger partial charge in [-0.25, -0.2) is 9.97 Å². The van der Waals surface area contributed by atoms with Gasteiger partial charge in [-0.3, -0.25) is 4.79 Å². The standard InChI is InChI=1S/C20H15N5O/c21-12-14-4-3-6-16(10-14)24-20(26)17-11-19(23-13-22-17)25-9-8-15-5-1-2-7-18(15)25/h1-7,10-11,13H,8-9H2,(H,24,26). The molecule has 3 aromatic rings. The maximum Gasteiger partial charge on any atom is 0.274 e. The molecule has 0 spiro atoms. The third-order valence-electron chi connectivity index (χ3n) is 4.30. The first-order chi connectivity index (χ1) is 12.7. The number of hydrogen-bond acceptors (Lipinski definition) is 5. The number of hydrogen-bond donors (Lipinski definition) is 1. The van der Waals surface area contributed by atoms with Crippen LogP contribution in [0.4, 0.5) is 17.2 Å². The summed E-state index contributed by atoms with van der Waals surface area (Å²) in [6.07, 6.45) is 2.35. The van der Waals surface area contributed by atoms with Gasteiger partial charge in [0.25, 0.3) is 5.91 Å². The molecule has 0 atom stereocenters. The summed E-state index contributed by atoms with van der Waals surface area (Å²) in [5, 5.41) is 11.7. The lowest BCUT2D eigenvalue weighted by Crippen LogP contribution is -2.18. The van der Waals surface area contributed by atoms with Crippen LogP contribution in [0.5, 0.6) is 0 Å². The maximum atomic E-state index is 12.5. The molecule has 1 N–H and O–H groups in total. The van der Waals surface area contributed by atoms with Crippen molar-refractivity contribution in [3.8, 4) is 6.07 Å². The summed E-state index contributed by atoms with van der Waals surface area (Å²) in [6, 6.07) is 18.7. The normalized spacial score (nSPS) is 12.3. The second-order valence-corrected chi connectivity index (χ2v) is 5.94. The minimum absolute atomic E-state index is 0.279. The van der Waals surface area contributed by atoms with Gasteiger partial charge in [0.2, 0.25) is 0 Å². The third-order valence-corrected chi connectivity index (χ3v) is 4.30. The molecule has 0 fully saturated rings. The average Bonchev–Trinajstić information content (AvgIpc) is 3.12. The van der Waals surface area contributed by atoms with Crippen LogP contribution in [0.1, 0.15) is 21.6 Å². The fourth-order valence-electron chi connectivity index (χ4n) is 3.06. The van der Waals surface area contributed by atoms with Crippen molar-refractivity contribution >= 4 is 23.1 Å². The number of para-hydroxylation sites is 1.